The van der Waals surface area contributed by atoms with Crippen LogP contribution >= 0.6 is 34.8 Å². The number of hydrogen-bond acceptors (Lipinski definition) is 1. The van der Waals surface area contributed by atoms with Gasteiger partial charge in [0.1, 0.15) is 0 Å². The van der Waals surface area contributed by atoms with Crippen molar-refractivity contribution < 1.29 is 0 Å². The van der Waals surface area contributed by atoms with E-state index in [2.05, 4.69) is 5.32 Å². The van der Waals surface area contributed by atoms with Crippen LogP contribution in [-0.2, 0) is 0 Å². The third-order valence-corrected chi connectivity index (χ3v) is 3.26. The lowest BCUT2D eigenvalue weighted by Crippen LogP contribution is -2.35. The quantitative estimate of drug-likeness (QED) is 0.734. The van der Waals surface area contributed by atoms with Gasteiger partial charge in [-0.05, 0) is 30.7 Å². The highest BCUT2D eigenvalue weighted by Crippen LogP contribution is 2.36. The molecular formula is C9H8Cl3N. The van der Waals surface area contributed by atoms with E-state index in [1.54, 1.807) is 6.07 Å². The highest BCUT2D eigenvalue weighted by atomic mass is 35.5. The second kappa shape index (κ2) is 3.66. The Labute approximate surface area is 92.0 Å². The first kappa shape index (κ1) is 9.60. The minimum atomic E-state index is 0.323. The van der Waals surface area contributed by atoms with Crippen LogP contribution in [0.4, 0.5) is 0 Å². The van der Waals surface area contributed by atoms with Crippen LogP contribution in [0.2, 0.25) is 15.1 Å². The van der Waals surface area contributed by atoms with Gasteiger partial charge in [-0.1, -0.05) is 34.8 Å². The summed E-state index contributed by atoms with van der Waals surface area (Å²) in [5.41, 5.74) is 1.01. The summed E-state index contributed by atoms with van der Waals surface area (Å²) >= 11 is 17.8. The first-order valence-corrected chi connectivity index (χ1v) is 5.19. The second-order valence-electron chi connectivity index (χ2n) is 3.09. The van der Waals surface area contributed by atoms with Crippen molar-refractivity contribution in [2.45, 2.75) is 12.5 Å². The minimum absolute atomic E-state index is 0.323. The number of nitrogens with one attached hydrogen (secondary N) is 1. The Morgan fingerprint density at radius 2 is 1.92 bits per heavy atom. The van der Waals surface area contributed by atoms with E-state index in [1.807, 2.05) is 6.07 Å². The minimum Gasteiger partial charge on any atom is -0.310 e. The topological polar surface area (TPSA) is 12.0 Å². The molecule has 1 aliphatic heterocycles. The molecule has 2 rings (SSSR count). The maximum absolute atomic E-state index is 6.04. The molecule has 1 atom stereocenters. The predicted molar refractivity (Wildman–Crippen MR) is 56.8 cm³/mol. The molecule has 70 valence electrons. The van der Waals surface area contributed by atoms with Crippen molar-refractivity contribution in [2.75, 3.05) is 6.54 Å². The SMILES string of the molecule is Clc1cc(Cl)c(Cl)c(C2CCN2)c1. The van der Waals surface area contributed by atoms with Gasteiger partial charge in [-0.2, -0.15) is 0 Å². The Morgan fingerprint density at radius 1 is 1.23 bits per heavy atom. The molecule has 1 saturated heterocycles. The molecule has 0 saturated carbocycles. The molecule has 1 heterocycles. The average Bonchev–Trinajstić information content (AvgIpc) is 1.95. The molecule has 1 unspecified atom stereocenters. The van der Waals surface area contributed by atoms with Crippen molar-refractivity contribution in [2.24, 2.45) is 0 Å². The first-order valence-electron chi connectivity index (χ1n) is 4.06. The summed E-state index contributed by atoms with van der Waals surface area (Å²) in [5, 5.41) is 5.03. The lowest BCUT2D eigenvalue weighted by molar-refractivity contribution is 0.383. The zero-order chi connectivity index (χ0) is 9.42. The first-order chi connectivity index (χ1) is 6.18. The third kappa shape index (κ3) is 1.79. The van der Waals surface area contributed by atoms with Crippen LogP contribution in [0.3, 0.4) is 0 Å². The van der Waals surface area contributed by atoms with Crippen LogP contribution in [0, 0.1) is 0 Å². The molecule has 0 bridgehead atoms. The fourth-order valence-corrected chi connectivity index (χ4v) is 2.13. The van der Waals surface area contributed by atoms with Gasteiger partial charge in [0, 0.05) is 11.1 Å². The van der Waals surface area contributed by atoms with Crippen LogP contribution in [0.5, 0.6) is 0 Å². The summed E-state index contributed by atoms with van der Waals surface area (Å²) in [6.07, 6.45) is 1.09. The Kier molecular flexibility index (Phi) is 2.70. The van der Waals surface area contributed by atoms with Gasteiger partial charge in [-0.15, -0.1) is 0 Å². The van der Waals surface area contributed by atoms with E-state index in [-0.39, 0.29) is 0 Å². The summed E-state index contributed by atoms with van der Waals surface area (Å²) < 4.78 is 0. The molecule has 1 aromatic carbocycles. The molecule has 4 heteroatoms. The van der Waals surface area contributed by atoms with Gasteiger partial charge < -0.3 is 5.32 Å². The standard InChI is InChI=1S/C9H8Cl3N/c10-5-3-6(8-1-2-13-8)9(12)7(11)4-5/h3-4,8,13H,1-2H2. The summed E-state index contributed by atoms with van der Waals surface area (Å²) in [5.74, 6) is 0. The van der Waals surface area contributed by atoms with Crippen LogP contribution in [0.25, 0.3) is 0 Å². The van der Waals surface area contributed by atoms with E-state index in [0.29, 0.717) is 21.1 Å². The van der Waals surface area contributed by atoms with Gasteiger partial charge in [0.15, 0.2) is 0 Å². The molecule has 0 spiro atoms. The van der Waals surface area contributed by atoms with E-state index < -0.39 is 0 Å². The fourth-order valence-electron chi connectivity index (χ4n) is 1.38. The molecule has 1 nitrogen and oxygen atoms in total. The summed E-state index contributed by atoms with van der Waals surface area (Å²) in [6.45, 7) is 1.03. The maximum Gasteiger partial charge on any atom is 0.0641 e. The van der Waals surface area contributed by atoms with Gasteiger partial charge >= 0.3 is 0 Å². The fraction of sp³-hybridized carbons (Fsp3) is 0.333. The summed E-state index contributed by atoms with van der Waals surface area (Å²) in [7, 11) is 0. The number of hydrogen-bond donors (Lipinski definition) is 1. The van der Waals surface area contributed by atoms with Gasteiger partial charge in [0.05, 0.1) is 10.0 Å². The molecule has 0 aromatic heterocycles. The maximum atomic E-state index is 6.04. The number of halogens is 3. The van der Waals surface area contributed by atoms with Gasteiger partial charge in [-0.25, -0.2) is 0 Å². The number of rotatable bonds is 1. The van der Waals surface area contributed by atoms with E-state index in [0.717, 1.165) is 18.5 Å². The lowest BCUT2D eigenvalue weighted by Gasteiger charge is -2.29. The molecule has 1 aromatic rings. The molecule has 1 fully saturated rings. The number of benzene rings is 1. The lowest BCUT2D eigenvalue weighted by atomic mass is 9.98. The van der Waals surface area contributed by atoms with Crippen LogP contribution in [-0.4, -0.2) is 6.54 Å². The van der Waals surface area contributed by atoms with Gasteiger partial charge in [0.25, 0.3) is 0 Å². The smallest absolute Gasteiger partial charge is 0.0641 e. The van der Waals surface area contributed by atoms with E-state index in [9.17, 15) is 0 Å². The van der Waals surface area contributed by atoms with Crippen molar-refractivity contribution in [1.82, 2.24) is 5.32 Å². The monoisotopic (exact) mass is 235 g/mol. The van der Waals surface area contributed by atoms with Gasteiger partial charge in [0.2, 0.25) is 0 Å². The molecular weight excluding hydrogens is 228 g/mol. The van der Waals surface area contributed by atoms with Gasteiger partial charge in [-0.3, -0.25) is 0 Å². The Bertz CT molecular complexity index is 334. The zero-order valence-corrected chi connectivity index (χ0v) is 9.05. The molecule has 13 heavy (non-hydrogen) atoms. The Hall–Kier alpha value is 0.0500. The normalized spacial score (nSPS) is 21.3. The highest BCUT2D eigenvalue weighted by Gasteiger charge is 2.22. The van der Waals surface area contributed by atoms with Crippen molar-refractivity contribution >= 4 is 34.8 Å². The molecule has 0 radical (unpaired) electrons. The van der Waals surface area contributed by atoms with Crippen LogP contribution in [0.15, 0.2) is 12.1 Å². The van der Waals surface area contributed by atoms with E-state index >= 15 is 0 Å². The Morgan fingerprint density at radius 3 is 2.46 bits per heavy atom. The molecule has 0 aliphatic carbocycles. The third-order valence-electron chi connectivity index (χ3n) is 2.22. The summed E-state index contributed by atoms with van der Waals surface area (Å²) in [4.78, 5) is 0. The predicted octanol–water partition coefficient (Wildman–Crippen LogP) is 3.68. The van der Waals surface area contributed by atoms with Crippen molar-refractivity contribution in [3.8, 4) is 0 Å². The van der Waals surface area contributed by atoms with E-state index in [1.165, 1.54) is 0 Å². The largest absolute Gasteiger partial charge is 0.310 e. The molecule has 0 amide bonds. The second-order valence-corrected chi connectivity index (χ2v) is 4.31. The van der Waals surface area contributed by atoms with E-state index in [4.69, 9.17) is 34.8 Å². The van der Waals surface area contributed by atoms with Crippen LogP contribution < -0.4 is 5.32 Å². The highest BCUT2D eigenvalue weighted by molar-refractivity contribution is 6.43. The average molecular weight is 237 g/mol. The van der Waals surface area contributed by atoms with Crippen molar-refractivity contribution in [3.63, 3.8) is 0 Å². The zero-order valence-electron chi connectivity index (χ0n) is 6.78. The molecule has 1 N–H and O–H groups in total. The van der Waals surface area contributed by atoms with Crippen molar-refractivity contribution in [1.29, 1.82) is 0 Å². The summed E-state index contributed by atoms with van der Waals surface area (Å²) in [6, 6.07) is 3.85. The van der Waals surface area contributed by atoms with Crippen molar-refractivity contribution in [3.05, 3.63) is 32.8 Å². The Balaban J connectivity index is 2.42. The van der Waals surface area contributed by atoms with Crippen LogP contribution in [0.1, 0.15) is 18.0 Å². The molecule has 1 aliphatic rings.